The summed E-state index contributed by atoms with van der Waals surface area (Å²) in [6.07, 6.45) is 4.05. The third-order valence-corrected chi connectivity index (χ3v) is 3.64. The molecule has 2 rings (SSSR count). The summed E-state index contributed by atoms with van der Waals surface area (Å²) in [7, 11) is 2.06. The molecule has 0 saturated carbocycles. The highest BCUT2D eigenvalue weighted by atomic mass is 35.5. The summed E-state index contributed by atoms with van der Waals surface area (Å²) in [4.78, 5) is 2.64. The lowest BCUT2D eigenvalue weighted by Crippen LogP contribution is -2.41. The van der Waals surface area contributed by atoms with Gasteiger partial charge in [0.1, 0.15) is 0 Å². The SMILES string of the molecule is CNCC1CCCN(CC2CCOC2)C1.Cl. The maximum atomic E-state index is 5.43. The van der Waals surface area contributed by atoms with Gasteiger partial charge in [-0.1, -0.05) is 0 Å². The van der Waals surface area contributed by atoms with Crippen LogP contribution in [0.4, 0.5) is 0 Å². The van der Waals surface area contributed by atoms with Crippen molar-refractivity contribution >= 4 is 12.4 Å². The zero-order valence-corrected chi connectivity index (χ0v) is 11.1. The Balaban J connectivity index is 0.00000128. The number of nitrogens with one attached hydrogen (secondary N) is 1. The van der Waals surface area contributed by atoms with Crippen LogP contribution in [-0.4, -0.2) is 51.3 Å². The number of hydrogen-bond donors (Lipinski definition) is 1. The van der Waals surface area contributed by atoms with Crippen LogP contribution in [0.3, 0.4) is 0 Å². The van der Waals surface area contributed by atoms with Gasteiger partial charge in [-0.25, -0.2) is 0 Å². The maximum Gasteiger partial charge on any atom is 0.0507 e. The van der Waals surface area contributed by atoms with Crippen LogP contribution >= 0.6 is 12.4 Å². The van der Waals surface area contributed by atoms with Crippen LogP contribution in [0.25, 0.3) is 0 Å². The molecule has 0 aromatic rings. The number of ether oxygens (including phenoxy) is 1. The quantitative estimate of drug-likeness (QED) is 0.814. The van der Waals surface area contributed by atoms with Crippen LogP contribution < -0.4 is 5.32 Å². The molecule has 16 heavy (non-hydrogen) atoms. The second kappa shape index (κ2) is 7.49. The van der Waals surface area contributed by atoms with E-state index in [0.29, 0.717) is 0 Å². The topological polar surface area (TPSA) is 24.5 Å². The van der Waals surface area contributed by atoms with E-state index in [-0.39, 0.29) is 12.4 Å². The summed E-state index contributed by atoms with van der Waals surface area (Å²) in [6.45, 7) is 7.01. The van der Waals surface area contributed by atoms with E-state index in [9.17, 15) is 0 Å². The lowest BCUT2D eigenvalue weighted by Gasteiger charge is -2.34. The summed E-state index contributed by atoms with van der Waals surface area (Å²) >= 11 is 0. The van der Waals surface area contributed by atoms with Crippen LogP contribution in [0.5, 0.6) is 0 Å². The molecule has 2 aliphatic heterocycles. The van der Waals surface area contributed by atoms with Gasteiger partial charge < -0.3 is 15.0 Å². The Morgan fingerprint density at radius 1 is 1.31 bits per heavy atom. The molecule has 0 bridgehead atoms. The molecule has 2 heterocycles. The molecule has 2 aliphatic rings. The van der Waals surface area contributed by atoms with Gasteiger partial charge in [0, 0.05) is 19.7 Å². The van der Waals surface area contributed by atoms with Crippen molar-refractivity contribution in [2.75, 3.05) is 46.4 Å². The number of nitrogens with zero attached hydrogens (tertiary/aromatic N) is 1. The van der Waals surface area contributed by atoms with Crippen molar-refractivity contribution in [1.29, 1.82) is 0 Å². The molecule has 0 amide bonds. The smallest absolute Gasteiger partial charge is 0.0507 e. The van der Waals surface area contributed by atoms with E-state index in [2.05, 4.69) is 17.3 Å². The lowest BCUT2D eigenvalue weighted by atomic mass is 9.96. The fourth-order valence-electron chi connectivity index (χ4n) is 2.86. The van der Waals surface area contributed by atoms with Gasteiger partial charge >= 0.3 is 0 Å². The van der Waals surface area contributed by atoms with E-state index in [1.807, 2.05) is 0 Å². The number of likely N-dealkylation sites (tertiary alicyclic amines) is 1. The molecule has 0 radical (unpaired) electrons. The largest absolute Gasteiger partial charge is 0.381 e. The molecule has 0 spiro atoms. The van der Waals surface area contributed by atoms with Crippen molar-refractivity contribution in [3.8, 4) is 0 Å². The van der Waals surface area contributed by atoms with Gasteiger partial charge in [-0.15, -0.1) is 12.4 Å². The molecule has 96 valence electrons. The summed E-state index contributed by atoms with van der Waals surface area (Å²) in [6, 6.07) is 0. The number of halogens is 1. The first-order valence-electron chi connectivity index (χ1n) is 6.33. The van der Waals surface area contributed by atoms with Crippen molar-refractivity contribution in [1.82, 2.24) is 10.2 Å². The Morgan fingerprint density at radius 2 is 2.19 bits per heavy atom. The molecule has 4 heteroatoms. The van der Waals surface area contributed by atoms with E-state index in [4.69, 9.17) is 4.74 Å². The van der Waals surface area contributed by atoms with Gasteiger partial charge in [0.05, 0.1) is 6.61 Å². The van der Waals surface area contributed by atoms with Crippen molar-refractivity contribution in [2.24, 2.45) is 11.8 Å². The zero-order valence-electron chi connectivity index (χ0n) is 10.3. The minimum Gasteiger partial charge on any atom is -0.381 e. The van der Waals surface area contributed by atoms with Gasteiger partial charge in [0.2, 0.25) is 0 Å². The fourth-order valence-corrected chi connectivity index (χ4v) is 2.86. The molecular weight excluding hydrogens is 224 g/mol. The van der Waals surface area contributed by atoms with Crippen LogP contribution in [0.15, 0.2) is 0 Å². The minimum atomic E-state index is 0. The third-order valence-electron chi connectivity index (χ3n) is 3.64. The molecule has 2 unspecified atom stereocenters. The van der Waals surface area contributed by atoms with E-state index in [1.165, 1.54) is 45.4 Å². The van der Waals surface area contributed by atoms with Crippen LogP contribution in [0, 0.1) is 11.8 Å². The first-order chi connectivity index (χ1) is 7.38. The van der Waals surface area contributed by atoms with Gasteiger partial charge in [0.25, 0.3) is 0 Å². The van der Waals surface area contributed by atoms with Crippen LogP contribution in [-0.2, 0) is 4.74 Å². The molecule has 2 fully saturated rings. The Kier molecular flexibility index (Phi) is 6.66. The van der Waals surface area contributed by atoms with Crippen molar-refractivity contribution in [3.05, 3.63) is 0 Å². The molecule has 0 aliphatic carbocycles. The van der Waals surface area contributed by atoms with E-state index in [1.54, 1.807) is 0 Å². The average molecular weight is 249 g/mol. The fraction of sp³-hybridized carbons (Fsp3) is 1.00. The van der Waals surface area contributed by atoms with E-state index >= 15 is 0 Å². The standard InChI is InChI=1S/C12H24N2O.ClH/c1-13-7-11-3-2-5-14(8-11)9-12-4-6-15-10-12;/h11-13H,2-10H2,1H3;1H. The summed E-state index contributed by atoms with van der Waals surface area (Å²) in [5, 5.41) is 3.30. The average Bonchev–Trinajstić information content (AvgIpc) is 2.71. The molecule has 0 aromatic heterocycles. The van der Waals surface area contributed by atoms with Gasteiger partial charge in [-0.2, -0.15) is 0 Å². The second-order valence-electron chi connectivity index (χ2n) is 5.06. The van der Waals surface area contributed by atoms with Crippen molar-refractivity contribution in [3.63, 3.8) is 0 Å². The summed E-state index contributed by atoms with van der Waals surface area (Å²) in [5.74, 6) is 1.67. The third kappa shape index (κ3) is 4.21. The lowest BCUT2D eigenvalue weighted by molar-refractivity contribution is 0.134. The minimum absolute atomic E-state index is 0. The van der Waals surface area contributed by atoms with Gasteiger partial charge in [0.15, 0.2) is 0 Å². The summed E-state index contributed by atoms with van der Waals surface area (Å²) in [5.41, 5.74) is 0. The molecule has 1 N–H and O–H groups in total. The molecular formula is C12H25ClN2O. The molecule has 2 atom stereocenters. The Morgan fingerprint density at radius 3 is 2.88 bits per heavy atom. The second-order valence-corrected chi connectivity index (χ2v) is 5.06. The predicted molar refractivity (Wildman–Crippen MR) is 69.3 cm³/mol. The van der Waals surface area contributed by atoms with Crippen LogP contribution in [0.2, 0.25) is 0 Å². The molecule has 2 saturated heterocycles. The molecule has 3 nitrogen and oxygen atoms in total. The normalized spacial score (nSPS) is 31.3. The Labute approximate surface area is 105 Å². The number of piperidine rings is 1. The summed E-state index contributed by atoms with van der Waals surface area (Å²) < 4.78 is 5.43. The maximum absolute atomic E-state index is 5.43. The number of hydrogen-bond acceptors (Lipinski definition) is 3. The highest BCUT2D eigenvalue weighted by Gasteiger charge is 2.23. The van der Waals surface area contributed by atoms with Gasteiger partial charge in [-0.3, -0.25) is 0 Å². The number of rotatable bonds is 4. The van der Waals surface area contributed by atoms with Crippen molar-refractivity contribution < 1.29 is 4.74 Å². The predicted octanol–water partition coefficient (Wildman–Crippen LogP) is 1.38. The molecule has 0 aromatic carbocycles. The Bertz CT molecular complexity index is 184. The first kappa shape index (κ1) is 14.2. The van der Waals surface area contributed by atoms with Crippen LogP contribution in [0.1, 0.15) is 19.3 Å². The Hall–Kier alpha value is 0.170. The van der Waals surface area contributed by atoms with Gasteiger partial charge in [-0.05, 0) is 51.2 Å². The van der Waals surface area contributed by atoms with E-state index < -0.39 is 0 Å². The van der Waals surface area contributed by atoms with E-state index in [0.717, 1.165) is 25.0 Å². The monoisotopic (exact) mass is 248 g/mol. The highest BCUT2D eigenvalue weighted by molar-refractivity contribution is 5.85. The zero-order chi connectivity index (χ0) is 10.5. The van der Waals surface area contributed by atoms with Crippen molar-refractivity contribution in [2.45, 2.75) is 19.3 Å². The first-order valence-corrected chi connectivity index (χ1v) is 6.33. The highest BCUT2D eigenvalue weighted by Crippen LogP contribution is 2.20.